The summed E-state index contributed by atoms with van der Waals surface area (Å²) in [7, 11) is 0. The third kappa shape index (κ3) is 3.18. The van der Waals surface area contributed by atoms with Gasteiger partial charge in [-0.25, -0.2) is 4.79 Å². The Morgan fingerprint density at radius 1 is 1.59 bits per heavy atom. The van der Waals surface area contributed by atoms with E-state index >= 15 is 0 Å². The average molecular weight is 258 g/mol. The maximum atomic E-state index is 10.7. The van der Waals surface area contributed by atoms with Gasteiger partial charge < -0.3 is 9.84 Å². The second-order valence-corrected chi connectivity index (χ2v) is 3.45. The number of nitro groups is 1. The first-order valence-corrected chi connectivity index (χ1v) is 4.78. The lowest BCUT2D eigenvalue weighted by molar-refractivity contribution is -0.385. The lowest BCUT2D eigenvalue weighted by atomic mass is 10.3. The van der Waals surface area contributed by atoms with E-state index in [0.29, 0.717) is 0 Å². The van der Waals surface area contributed by atoms with Crippen molar-refractivity contribution in [2.75, 3.05) is 6.61 Å². The molecule has 0 aromatic heterocycles. The molecule has 6 nitrogen and oxygen atoms in total. The van der Waals surface area contributed by atoms with Crippen LogP contribution in [-0.2, 0) is 4.79 Å². The first-order chi connectivity index (χ1) is 7.93. The van der Waals surface area contributed by atoms with Gasteiger partial charge in [0, 0.05) is 6.07 Å². The monoisotopic (exact) mass is 257 g/mol. The van der Waals surface area contributed by atoms with Crippen molar-refractivity contribution in [1.82, 2.24) is 0 Å². The van der Waals surface area contributed by atoms with Crippen LogP contribution < -0.4 is 4.74 Å². The molecule has 0 aliphatic heterocycles. The predicted molar refractivity (Wildman–Crippen MR) is 60.4 cm³/mol. The van der Waals surface area contributed by atoms with E-state index < -0.39 is 10.9 Å². The third-order valence-electron chi connectivity index (χ3n) is 1.84. The predicted octanol–water partition coefficient (Wildman–Crippen LogP) is 2.27. The molecule has 0 amide bonds. The molecule has 0 heterocycles. The van der Waals surface area contributed by atoms with Gasteiger partial charge in [0.1, 0.15) is 6.61 Å². The van der Waals surface area contributed by atoms with E-state index in [1.54, 1.807) is 0 Å². The number of rotatable bonds is 5. The Morgan fingerprint density at radius 2 is 2.24 bits per heavy atom. The van der Waals surface area contributed by atoms with E-state index in [1.165, 1.54) is 18.2 Å². The molecule has 1 aromatic carbocycles. The molecular weight excluding hydrogens is 250 g/mol. The highest BCUT2D eigenvalue weighted by molar-refractivity contribution is 6.32. The van der Waals surface area contributed by atoms with Gasteiger partial charge >= 0.3 is 11.7 Å². The van der Waals surface area contributed by atoms with Crippen molar-refractivity contribution < 1.29 is 19.6 Å². The molecule has 90 valence electrons. The van der Waals surface area contributed by atoms with E-state index in [1.807, 2.05) is 0 Å². The van der Waals surface area contributed by atoms with Crippen LogP contribution >= 0.6 is 11.6 Å². The Kier molecular flexibility index (Phi) is 4.06. The van der Waals surface area contributed by atoms with E-state index in [2.05, 4.69) is 6.58 Å². The molecule has 0 unspecified atom stereocenters. The fourth-order valence-electron chi connectivity index (χ4n) is 1.01. The first-order valence-electron chi connectivity index (χ1n) is 4.40. The largest absolute Gasteiger partial charge is 0.481 e. The average Bonchev–Trinajstić information content (AvgIpc) is 2.26. The Hall–Kier alpha value is -2.08. The second kappa shape index (κ2) is 5.31. The SMILES string of the molecule is C=C(COc1c(Cl)cccc1[N+](=O)[O-])C(=O)O. The van der Waals surface area contributed by atoms with E-state index in [0.717, 1.165) is 0 Å². The van der Waals surface area contributed by atoms with Crippen LogP contribution in [0.5, 0.6) is 5.75 Å². The van der Waals surface area contributed by atoms with Gasteiger partial charge in [0.05, 0.1) is 15.5 Å². The van der Waals surface area contributed by atoms with Gasteiger partial charge in [0.25, 0.3) is 0 Å². The van der Waals surface area contributed by atoms with Crippen molar-refractivity contribution in [3.8, 4) is 5.75 Å². The minimum absolute atomic E-state index is 0.0392. The summed E-state index contributed by atoms with van der Waals surface area (Å²) < 4.78 is 5.00. The van der Waals surface area contributed by atoms with Crippen LogP contribution in [-0.4, -0.2) is 22.6 Å². The fourth-order valence-corrected chi connectivity index (χ4v) is 1.23. The summed E-state index contributed by atoms with van der Waals surface area (Å²) >= 11 is 5.73. The quantitative estimate of drug-likeness (QED) is 0.496. The molecule has 0 saturated heterocycles. The van der Waals surface area contributed by atoms with Crippen LogP contribution in [0.15, 0.2) is 30.4 Å². The van der Waals surface area contributed by atoms with Crippen molar-refractivity contribution in [1.29, 1.82) is 0 Å². The zero-order chi connectivity index (χ0) is 13.0. The Balaban J connectivity index is 2.94. The van der Waals surface area contributed by atoms with Gasteiger partial charge in [0.15, 0.2) is 0 Å². The molecular formula is C10H8ClNO5. The topological polar surface area (TPSA) is 89.7 Å². The standard InChI is InChI=1S/C10H8ClNO5/c1-6(10(13)14)5-17-9-7(11)3-2-4-8(9)12(15)16/h2-4H,1,5H2,(H,13,14). The summed E-state index contributed by atoms with van der Waals surface area (Å²) in [5.41, 5.74) is -0.546. The molecule has 0 aliphatic rings. The number of carbonyl (C=O) groups is 1. The van der Waals surface area contributed by atoms with E-state index in [-0.39, 0.29) is 28.6 Å². The summed E-state index contributed by atoms with van der Waals surface area (Å²) in [5, 5.41) is 19.3. The number of ether oxygens (including phenoxy) is 1. The lowest BCUT2D eigenvalue weighted by Crippen LogP contribution is -2.10. The maximum Gasteiger partial charge on any atom is 0.334 e. The van der Waals surface area contributed by atoms with Crippen LogP contribution in [0.4, 0.5) is 5.69 Å². The molecule has 0 saturated carbocycles. The molecule has 0 bridgehead atoms. The van der Waals surface area contributed by atoms with Gasteiger partial charge in [-0.05, 0) is 6.07 Å². The zero-order valence-corrected chi connectivity index (χ0v) is 9.31. The summed E-state index contributed by atoms with van der Waals surface area (Å²) in [6, 6.07) is 4.03. The molecule has 1 rings (SSSR count). The van der Waals surface area contributed by atoms with E-state index in [4.69, 9.17) is 21.4 Å². The van der Waals surface area contributed by atoms with Crippen molar-refractivity contribution in [2.24, 2.45) is 0 Å². The number of hydrogen-bond acceptors (Lipinski definition) is 4. The minimum atomic E-state index is -1.24. The van der Waals surface area contributed by atoms with Crippen molar-refractivity contribution in [3.05, 3.63) is 45.5 Å². The van der Waals surface area contributed by atoms with Crippen molar-refractivity contribution >= 4 is 23.3 Å². The molecule has 0 radical (unpaired) electrons. The van der Waals surface area contributed by atoms with Gasteiger partial charge in [0.2, 0.25) is 5.75 Å². The molecule has 0 fully saturated rings. The minimum Gasteiger partial charge on any atom is -0.481 e. The highest BCUT2D eigenvalue weighted by atomic mass is 35.5. The number of para-hydroxylation sites is 1. The van der Waals surface area contributed by atoms with E-state index in [9.17, 15) is 14.9 Å². The molecule has 1 aromatic rings. The van der Waals surface area contributed by atoms with Gasteiger partial charge in [-0.3, -0.25) is 10.1 Å². The smallest absolute Gasteiger partial charge is 0.334 e. The zero-order valence-electron chi connectivity index (χ0n) is 8.55. The molecule has 17 heavy (non-hydrogen) atoms. The number of hydrogen-bond donors (Lipinski definition) is 1. The second-order valence-electron chi connectivity index (χ2n) is 3.04. The van der Waals surface area contributed by atoms with Crippen LogP contribution in [0, 0.1) is 10.1 Å². The summed E-state index contributed by atoms with van der Waals surface area (Å²) in [6.45, 7) is 2.86. The van der Waals surface area contributed by atoms with Crippen molar-refractivity contribution in [3.63, 3.8) is 0 Å². The van der Waals surface area contributed by atoms with Gasteiger partial charge in [-0.1, -0.05) is 24.2 Å². The number of aliphatic carboxylic acids is 1. The number of carboxylic acid groups (broad SMARTS) is 1. The first kappa shape index (κ1) is 13.0. The molecule has 0 aliphatic carbocycles. The van der Waals surface area contributed by atoms with Crippen LogP contribution in [0.1, 0.15) is 0 Å². The molecule has 0 spiro atoms. The number of carboxylic acids is 1. The lowest BCUT2D eigenvalue weighted by Gasteiger charge is -2.07. The number of halogens is 1. The Bertz CT molecular complexity index is 486. The highest BCUT2D eigenvalue weighted by Gasteiger charge is 2.19. The Labute approximate surface area is 101 Å². The van der Waals surface area contributed by atoms with Gasteiger partial charge in [-0.2, -0.15) is 0 Å². The number of benzene rings is 1. The van der Waals surface area contributed by atoms with Crippen LogP contribution in [0.25, 0.3) is 0 Å². The normalized spacial score (nSPS) is 9.71. The fraction of sp³-hybridized carbons (Fsp3) is 0.100. The van der Waals surface area contributed by atoms with Gasteiger partial charge in [-0.15, -0.1) is 0 Å². The number of nitro benzene ring substituents is 1. The Morgan fingerprint density at radius 3 is 2.76 bits per heavy atom. The molecule has 0 atom stereocenters. The van der Waals surface area contributed by atoms with Crippen molar-refractivity contribution in [2.45, 2.75) is 0 Å². The summed E-state index contributed by atoms with van der Waals surface area (Å²) in [6.07, 6.45) is 0. The summed E-state index contributed by atoms with van der Waals surface area (Å²) in [5.74, 6) is -1.40. The van der Waals surface area contributed by atoms with Crippen LogP contribution in [0.2, 0.25) is 5.02 Å². The molecule has 1 N–H and O–H groups in total. The highest BCUT2D eigenvalue weighted by Crippen LogP contribution is 2.34. The van der Waals surface area contributed by atoms with Crippen LogP contribution in [0.3, 0.4) is 0 Å². The maximum absolute atomic E-state index is 10.7. The number of nitrogens with zero attached hydrogens (tertiary/aromatic N) is 1. The summed E-state index contributed by atoms with van der Waals surface area (Å²) in [4.78, 5) is 20.5. The molecule has 7 heteroatoms. The third-order valence-corrected chi connectivity index (χ3v) is 2.13.